The number of ether oxygens (including phenoxy) is 1. The predicted molar refractivity (Wildman–Crippen MR) is 75.5 cm³/mol. The van der Waals surface area contributed by atoms with E-state index >= 15 is 0 Å². The van der Waals surface area contributed by atoms with E-state index in [0.29, 0.717) is 13.0 Å². The Morgan fingerprint density at radius 1 is 1.38 bits per heavy atom. The maximum Gasteiger partial charge on any atom is 0.387 e. The molecule has 0 fully saturated rings. The highest BCUT2D eigenvalue weighted by atomic mass is 19.3. The Morgan fingerprint density at radius 2 is 2.14 bits per heavy atom. The Bertz CT molecular complexity index is 435. The number of aliphatic hydroxyl groups is 1. The summed E-state index contributed by atoms with van der Waals surface area (Å²) in [6.45, 7) is -0.343. The number of alkyl halides is 2. The molecule has 0 bridgehead atoms. The fraction of sp³-hybridized carbons (Fsp3) is 0.533. The zero-order valence-corrected chi connectivity index (χ0v) is 12.0. The predicted octanol–water partition coefficient (Wildman–Crippen LogP) is 2.82. The van der Waals surface area contributed by atoms with Crippen LogP contribution in [0.4, 0.5) is 8.78 Å². The maximum absolute atomic E-state index is 12.1. The molecule has 0 radical (unpaired) electrons. The number of halogens is 2. The van der Waals surface area contributed by atoms with Gasteiger partial charge in [-0.15, -0.1) is 0 Å². The van der Waals surface area contributed by atoms with Gasteiger partial charge in [0.05, 0.1) is 0 Å². The van der Waals surface area contributed by atoms with E-state index in [1.54, 1.807) is 0 Å². The molecule has 2 N–H and O–H groups in total. The molecular weight excluding hydrogens is 280 g/mol. The number of nitrogens with one attached hydrogen (secondary N) is 1. The zero-order valence-electron chi connectivity index (χ0n) is 12.0. The number of benzene rings is 1. The lowest BCUT2D eigenvalue weighted by molar-refractivity contribution is -0.0498. The summed E-state index contributed by atoms with van der Waals surface area (Å²) in [5.74, 6) is -0.170. The Labute approximate surface area is 123 Å². The van der Waals surface area contributed by atoms with Crippen LogP contribution < -0.4 is 10.1 Å². The van der Waals surface area contributed by atoms with Crippen LogP contribution in [0.15, 0.2) is 24.3 Å². The van der Waals surface area contributed by atoms with Gasteiger partial charge in [-0.1, -0.05) is 19.4 Å². The Balaban J connectivity index is 2.58. The molecule has 4 nitrogen and oxygen atoms in total. The number of rotatable bonds is 9. The van der Waals surface area contributed by atoms with Gasteiger partial charge in [0.1, 0.15) is 5.75 Å². The summed E-state index contributed by atoms with van der Waals surface area (Å²) in [4.78, 5) is 12.0. The van der Waals surface area contributed by atoms with Crippen molar-refractivity contribution in [2.24, 2.45) is 5.92 Å². The van der Waals surface area contributed by atoms with Crippen molar-refractivity contribution in [3.05, 3.63) is 29.8 Å². The van der Waals surface area contributed by atoms with E-state index in [2.05, 4.69) is 10.1 Å². The molecule has 0 aliphatic rings. The normalized spacial score (nSPS) is 12.2. The second-order valence-corrected chi connectivity index (χ2v) is 4.78. The Hall–Kier alpha value is -1.69. The van der Waals surface area contributed by atoms with Crippen molar-refractivity contribution >= 4 is 5.91 Å². The molecule has 0 saturated heterocycles. The molecule has 0 aromatic heterocycles. The first-order chi connectivity index (χ1) is 10.1. The molecule has 1 rings (SSSR count). The highest BCUT2D eigenvalue weighted by Gasteiger charge is 2.12. The third-order valence-corrected chi connectivity index (χ3v) is 3.11. The molecule has 0 heterocycles. The minimum Gasteiger partial charge on any atom is -0.435 e. The SMILES string of the molecule is CCCC(CCO)CNC(=O)c1cccc(OC(F)F)c1. The number of aliphatic hydroxyl groups excluding tert-OH is 1. The Kier molecular flexibility index (Phi) is 7.68. The molecule has 0 saturated carbocycles. The van der Waals surface area contributed by atoms with E-state index in [4.69, 9.17) is 5.11 Å². The van der Waals surface area contributed by atoms with Gasteiger partial charge in [0.25, 0.3) is 5.91 Å². The molecular formula is C15H21F2NO3. The van der Waals surface area contributed by atoms with Gasteiger partial charge in [-0.25, -0.2) is 0 Å². The minimum atomic E-state index is -2.91. The van der Waals surface area contributed by atoms with Crippen molar-refractivity contribution in [2.75, 3.05) is 13.2 Å². The smallest absolute Gasteiger partial charge is 0.387 e. The summed E-state index contributed by atoms with van der Waals surface area (Å²) < 4.78 is 28.5. The lowest BCUT2D eigenvalue weighted by atomic mass is 10.00. The largest absolute Gasteiger partial charge is 0.435 e. The molecule has 118 valence electrons. The van der Waals surface area contributed by atoms with Crippen LogP contribution in [0.5, 0.6) is 5.75 Å². The second kappa shape index (κ2) is 9.28. The van der Waals surface area contributed by atoms with Crippen LogP contribution >= 0.6 is 0 Å². The lowest BCUT2D eigenvalue weighted by Gasteiger charge is -2.15. The van der Waals surface area contributed by atoms with Crippen LogP contribution in [0, 0.1) is 5.92 Å². The molecule has 1 aromatic rings. The maximum atomic E-state index is 12.1. The number of carbonyl (C=O) groups excluding carboxylic acids is 1. The molecule has 0 aliphatic heterocycles. The van der Waals surface area contributed by atoms with Crippen LogP contribution in [0.2, 0.25) is 0 Å². The Morgan fingerprint density at radius 3 is 2.76 bits per heavy atom. The van der Waals surface area contributed by atoms with Crippen molar-refractivity contribution in [3.8, 4) is 5.75 Å². The van der Waals surface area contributed by atoms with Gasteiger partial charge < -0.3 is 15.2 Å². The first-order valence-corrected chi connectivity index (χ1v) is 7.00. The quantitative estimate of drug-likeness (QED) is 0.737. The van der Waals surface area contributed by atoms with Crippen molar-refractivity contribution in [3.63, 3.8) is 0 Å². The summed E-state index contributed by atoms with van der Waals surface area (Å²) in [7, 11) is 0. The molecule has 1 aromatic carbocycles. The summed E-state index contributed by atoms with van der Waals surface area (Å²) in [6, 6.07) is 5.68. The van der Waals surface area contributed by atoms with Gasteiger partial charge >= 0.3 is 6.61 Å². The van der Waals surface area contributed by atoms with Gasteiger partial charge in [0, 0.05) is 18.7 Å². The van der Waals surface area contributed by atoms with Gasteiger partial charge in [-0.3, -0.25) is 4.79 Å². The average Bonchev–Trinajstić information content (AvgIpc) is 2.44. The van der Waals surface area contributed by atoms with E-state index in [-0.39, 0.29) is 29.7 Å². The molecule has 0 spiro atoms. The van der Waals surface area contributed by atoms with E-state index in [9.17, 15) is 13.6 Å². The van der Waals surface area contributed by atoms with Crippen molar-refractivity contribution < 1.29 is 23.4 Å². The van der Waals surface area contributed by atoms with Crippen LogP contribution in [-0.4, -0.2) is 30.8 Å². The minimum absolute atomic E-state index is 0.0434. The average molecular weight is 301 g/mol. The summed E-state index contributed by atoms with van der Waals surface area (Å²) in [5.41, 5.74) is 0.271. The number of hydrogen-bond donors (Lipinski definition) is 2. The van der Waals surface area contributed by atoms with Gasteiger partial charge in [-0.05, 0) is 37.0 Å². The lowest BCUT2D eigenvalue weighted by Crippen LogP contribution is -2.29. The van der Waals surface area contributed by atoms with Crippen molar-refractivity contribution in [1.29, 1.82) is 0 Å². The fourth-order valence-corrected chi connectivity index (χ4v) is 2.09. The highest BCUT2D eigenvalue weighted by molar-refractivity contribution is 5.94. The van der Waals surface area contributed by atoms with Crippen LogP contribution in [-0.2, 0) is 0 Å². The first kappa shape index (κ1) is 17.4. The van der Waals surface area contributed by atoms with E-state index in [0.717, 1.165) is 12.8 Å². The van der Waals surface area contributed by atoms with Gasteiger partial charge in [0.15, 0.2) is 0 Å². The number of amides is 1. The molecule has 21 heavy (non-hydrogen) atoms. The molecule has 6 heteroatoms. The standard InChI is InChI=1S/C15H21F2NO3/c1-2-4-11(7-8-19)10-18-14(20)12-5-3-6-13(9-12)21-15(16)17/h3,5-6,9,11,15,19H,2,4,7-8,10H2,1H3,(H,18,20). The second-order valence-electron chi connectivity index (χ2n) is 4.78. The third-order valence-electron chi connectivity index (χ3n) is 3.11. The van der Waals surface area contributed by atoms with Crippen LogP contribution in [0.25, 0.3) is 0 Å². The van der Waals surface area contributed by atoms with Crippen LogP contribution in [0.3, 0.4) is 0 Å². The van der Waals surface area contributed by atoms with Crippen molar-refractivity contribution in [2.45, 2.75) is 32.8 Å². The highest BCUT2D eigenvalue weighted by Crippen LogP contribution is 2.16. The zero-order chi connectivity index (χ0) is 15.7. The molecule has 1 unspecified atom stereocenters. The first-order valence-electron chi connectivity index (χ1n) is 7.00. The molecule has 1 amide bonds. The summed E-state index contributed by atoms with van der Waals surface area (Å²) in [6.07, 6.45) is 2.51. The van der Waals surface area contributed by atoms with Gasteiger partial charge in [0.2, 0.25) is 0 Å². The molecule has 1 atom stereocenters. The van der Waals surface area contributed by atoms with E-state index in [1.807, 2.05) is 6.92 Å². The topological polar surface area (TPSA) is 58.6 Å². The van der Waals surface area contributed by atoms with Crippen LogP contribution in [0.1, 0.15) is 36.5 Å². The summed E-state index contributed by atoms with van der Waals surface area (Å²) >= 11 is 0. The van der Waals surface area contributed by atoms with Crippen molar-refractivity contribution in [1.82, 2.24) is 5.32 Å². The van der Waals surface area contributed by atoms with Gasteiger partial charge in [-0.2, -0.15) is 8.78 Å². The number of hydrogen-bond acceptors (Lipinski definition) is 3. The van der Waals surface area contributed by atoms with E-state index < -0.39 is 6.61 Å². The summed E-state index contributed by atoms with van der Waals surface area (Å²) in [5, 5.41) is 11.7. The van der Waals surface area contributed by atoms with E-state index in [1.165, 1.54) is 24.3 Å². The monoisotopic (exact) mass is 301 g/mol. The molecule has 0 aliphatic carbocycles. The fourth-order valence-electron chi connectivity index (χ4n) is 2.09. The third kappa shape index (κ3) is 6.53. The number of carbonyl (C=O) groups is 1.